The Morgan fingerprint density at radius 3 is 2.27 bits per heavy atom. The minimum Gasteiger partial charge on any atom is -0.276 e. The monoisotopic (exact) mass is 208 g/mol. The van der Waals surface area contributed by atoms with E-state index in [4.69, 9.17) is 0 Å². The van der Waals surface area contributed by atoms with Gasteiger partial charge in [0, 0.05) is 18.3 Å². The lowest BCUT2D eigenvalue weighted by molar-refractivity contribution is 0.0648. The van der Waals surface area contributed by atoms with Crippen molar-refractivity contribution in [1.29, 1.82) is 0 Å². The van der Waals surface area contributed by atoms with Crippen molar-refractivity contribution >= 4 is 5.91 Å². The summed E-state index contributed by atoms with van der Waals surface area (Å²) in [5.74, 6) is 0.488. The highest BCUT2D eigenvalue weighted by Gasteiger charge is 2.34. The van der Waals surface area contributed by atoms with Gasteiger partial charge in [0.2, 0.25) is 5.91 Å². The average molecular weight is 208 g/mol. The molecule has 0 aliphatic heterocycles. The number of carbonyl (C=O) groups is 1. The molecule has 0 aliphatic rings. The summed E-state index contributed by atoms with van der Waals surface area (Å²) in [4.78, 5) is 16.1. The van der Waals surface area contributed by atoms with E-state index in [0.717, 1.165) is 0 Å². The maximum absolute atomic E-state index is 12.2. The second-order valence-corrected chi connectivity index (χ2v) is 5.40. The van der Waals surface area contributed by atoms with Crippen LogP contribution in [0.4, 0.5) is 0 Å². The molecule has 0 bridgehead atoms. The molecule has 0 N–H and O–H groups in total. The van der Waals surface area contributed by atoms with Crippen molar-refractivity contribution in [2.24, 2.45) is 17.3 Å². The van der Waals surface area contributed by atoms with Crippen molar-refractivity contribution in [2.45, 2.75) is 34.6 Å². The van der Waals surface area contributed by atoms with Crippen LogP contribution in [0, 0.1) is 17.3 Å². The van der Waals surface area contributed by atoms with Gasteiger partial charge in [-0.15, -0.1) is 0 Å². The van der Waals surface area contributed by atoms with Gasteiger partial charge in [-0.25, -0.2) is 4.98 Å². The van der Waals surface area contributed by atoms with Gasteiger partial charge in [-0.1, -0.05) is 34.6 Å². The number of nitrogens with zero attached hydrogens (tertiary/aromatic N) is 2. The zero-order chi connectivity index (χ0) is 11.6. The summed E-state index contributed by atoms with van der Waals surface area (Å²) in [7, 11) is 0. The van der Waals surface area contributed by atoms with E-state index in [9.17, 15) is 4.79 Å². The smallest absolute Gasteiger partial charge is 0.235 e. The van der Waals surface area contributed by atoms with Crippen LogP contribution in [0.1, 0.15) is 39.4 Å². The molecule has 0 aliphatic carbocycles. The number of aromatic nitrogens is 2. The lowest BCUT2D eigenvalue weighted by Crippen LogP contribution is -2.35. The first-order valence-corrected chi connectivity index (χ1v) is 5.36. The predicted octanol–water partition coefficient (Wildman–Crippen LogP) is 2.84. The Kier molecular flexibility index (Phi) is 3.32. The molecule has 1 aromatic heterocycles. The van der Waals surface area contributed by atoms with Gasteiger partial charge < -0.3 is 0 Å². The van der Waals surface area contributed by atoms with Gasteiger partial charge >= 0.3 is 0 Å². The Balaban J connectivity index is 2.97. The molecule has 84 valence electrons. The van der Waals surface area contributed by atoms with Crippen molar-refractivity contribution in [3.05, 3.63) is 18.7 Å². The summed E-state index contributed by atoms with van der Waals surface area (Å²) in [6.45, 7) is 10.5. The van der Waals surface area contributed by atoms with Crippen LogP contribution in [0.5, 0.6) is 0 Å². The Morgan fingerprint density at radius 2 is 1.93 bits per heavy atom. The highest BCUT2D eigenvalue weighted by Crippen LogP contribution is 2.33. The Bertz CT molecular complexity index is 320. The fraction of sp³-hybridized carbons (Fsp3) is 0.667. The van der Waals surface area contributed by atoms with Crippen molar-refractivity contribution < 1.29 is 4.79 Å². The molecular formula is C12H20N2O. The van der Waals surface area contributed by atoms with Crippen LogP contribution >= 0.6 is 0 Å². The fourth-order valence-corrected chi connectivity index (χ4v) is 2.21. The maximum Gasteiger partial charge on any atom is 0.235 e. The zero-order valence-electron chi connectivity index (χ0n) is 10.2. The highest BCUT2D eigenvalue weighted by molar-refractivity contribution is 5.82. The quantitative estimate of drug-likeness (QED) is 0.749. The molecule has 1 rings (SSSR count). The number of rotatable bonds is 2. The Hall–Kier alpha value is -1.12. The van der Waals surface area contributed by atoms with E-state index >= 15 is 0 Å². The molecule has 1 heterocycles. The van der Waals surface area contributed by atoms with E-state index in [-0.39, 0.29) is 17.2 Å². The molecule has 1 aromatic rings. The first kappa shape index (κ1) is 12.0. The highest BCUT2D eigenvalue weighted by atomic mass is 16.2. The first-order valence-electron chi connectivity index (χ1n) is 5.36. The van der Waals surface area contributed by atoms with Crippen LogP contribution < -0.4 is 0 Å². The molecule has 0 spiro atoms. The summed E-state index contributed by atoms with van der Waals surface area (Å²) in [5, 5.41) is 0. The molecule has 1 atom stereocenters. The van der Waals surface area contributed by atoms with E-state index in [1.165, 1.54) is 0 Å². The molecule has 15 heavy (non-hydrogen) atoms. The van der Waals surface area contributed by atoms with Crippen molar-refractivity contribution in [2.75, 3.05) is 0 Å². The van der Waals surface area contributed by atoms with Crippen molar-refractivity contribution in [3.8, 4) is 0 Å². The molecule has 0 saturated carbocycles. The van der Waals surface area contributed by atoms with Gasteiger partial charge in [0.15, 0.2) is 0 Å². The van der Waals surface area contributed by atoms with Crippen LogP contribution in [0.15, 0.2) is 18.7 Å². The number of hydrogen-bond acceptors (Lipinski definition) is 2. The van der Waals surface area contributed by atoms with E-state index in [2.05, 4.69) is 39.6 Å². The summed E-state index contributed by atoms with van der Waals surface area (Å²) in [5.41, 5.74) is -0.0183. The second kappa shape index (κ2) is 4.17. The molecule has 0 radical (unpaired) electrons. The third kappa shape index (κ3) is 2.67. The normalized spacial score (nSPS) is 14.3. The van der Waals surface area contributed by atoms with Gasteiger partial charge in [0.25, 0.3) is 0 Å². The largest absolute Gasteiger partial charge is 0.276 e. The third-order valence-corrected chi connectivity index (χ3v) is 2.62. The SMILES string of the molecule is CC(C)C(C(=O)n1ccnc1)C(C)(C)C. The molecule has 3 heteroatoms. The van der Waals surface area contributed by atoms with Gasteiger partial charge in [0.1, 0.15) is 6.33 Å². The van der Waals surface area contributed by atoms with E-state index in [1.807, 2.05) is 0 Å². The number of imidazole rings is 1. The summed E-state index contributed by atoms with van der Waals surface area (Å²) < 4.78 is 1.58. The van der Waals surface area contributed by atoms with Gasteiger partial charge in [-0.05, 0) is 11.3 Å². The zero-order valence-corrected chi connectivity index (χ0v) is 10.2. The van der Waals surface area contributed by atoms with Crippen LogP contribution in [-0.4, -0.2) is 15.5 Å². The van der Waals surface area contributed by atoms with Crippen molar-refractivity contribution in [1.82, 2.24) is 9.55 Å². The average Bonchev–Trinajstić information content (AvgIpc) is 2.51. The molecule has 1 unspecified atom stereocenters. The number of carbonyl (C=O) groups excluding carboxylic acids is 1. The van der Waals surface area contributed by atoms with Gasteiger partial charge in [0.05, 0.1) is 0 Å². The molecule has 0 fully saturated rings. The van der Waals surface area contributed by atoms with E-state index in [1.54, 1.807) is 23.3 Å². The summed E-state index contributed by atoms with van der Waals surface area (Å²) >= 11 is 0. The molecule has 3 nitrogen and oxygen atoms in total. The van der Waals surface area contributed by atoms with Crippen LogP contribution in [0.3, 0.4) is 0 Å². The maximum atomic E-state index is 12.2. The Labute approximate surface area is 91.5 Å². The fourth-order valence-electron chi connectivity index (χ4n) is 2.21. The predicted molar refractivity (Wildman–Crippen MR) is 60.6 cm³/mol. The van der Waals surface area contributed by atoms with Crippen LogP contribution in [0.2, 0.25) is 0 Å². The lowest BCUT2D eigenvalue weighted by Gasteiger charge is -2.32. The second-order valence-electron chi connectivity index (χ2n) is 5.40. The van der Waals surface area contributed by atoms with Gasteiger partial charge in [-0.2, -0.15) is 0 Å². The summed E-state index contributed by atoms with van der Waals surface area (Å²) in [6.07, 6.45) is 4.92. The van der Waals surface area contributed by atoms with Crippen LogP contribution in [0.25, 0.3) is 0 Å². The Morgan fingerprint density at radius 1 is 1.33 bits per heavy atom. The standard InChI is InChI=1S/C12H20N2O/c1-9(2)10(12(3,4)5)11(15)14-7-6-13-8-14/h6-10H,1-5H3. The minimum atomic E-state index is -0.0183. The van der Waals surface area contributed by atoms with Crippen molar-refractivity contribution in [3.63, 3.8) is 0 Å². The lowest BCUT2D eigenvalue weighted by atomic mass is 9.74. The summed E-state index contributed by atoms with van der Waals surface area (Å²) in [6, 6.07) is 0. The van der Waals surface area contributed by atoms with E-state index in [0.29, 0.717) is 5.92 Å². The van der Waals surface area contributed by atoms with E-state index < -0.39 is 0 Å². The topological polar surface area (TPSA) is 34.9 Å². The third-order valence-electron chi connectivity index (χ3n) is 2.62. The first-order chi connectivity index (χ1) is 6.84. The van der Waals surface area contributed by atoms with Gasteiger partial charge in [-0.3, -0.25) is 9.36 Å². The number of hydrogen-bond donors (Lipinski definition) is 0. The molecule has 0 saturated heterocycles. The molecule has 0 amide bonds. The molecular weight excluding hydrogens is 188 g/mol. The minimum absolute atomic E-state index is 0.0183. The van der Waals surface area contributed by atoms with Crippen LogP contribution in [-0.2, 0) is 0 Å². The molecule has 0 aromatic carbocycles.